The van der Waals surface area contributed by atoms with Gasteiger partial charge in [-0.3, -0.25) is 0 Å². The molecule has 1 unspecified atom stereocenters. The molecule has 0 aliphatic carbocycles. The standard InChI is InChI=1S/C13H20ClN3/c1-13(2)6-3-7-15-11(13)9-17-12-5-4-10(14)8-16-12/h4-5,8,11,15H,3,6-7,9H2,1-2H3,(H,16,17). The number of nitrogens with zero attached hydrogens (tertiary/aromatic N) is 1. The van der Waals surface area contributed by atoms with Crippen LogP contribution >= 0.6 is 11.6 Å². The highest BCUT2D eigenvalue weighted by Crippen LogP contribution is 2.30. The molecule has 0 spiro atoms. The zero-order valence-electron chi connectivity index (χ0n) is 10.5. The van der Waals surface area contributed by atoms with E-state index in [4.69, 9.17) is 11.6 Å². The second-order valence-corrected chi connectivity index (χ2v) is 5.78. The first-order chi connectivity index (χ1) is 8.08. The second-order valence-electron chi connectivity index (χ2n) is 5.34. The lowest BCUT2D eigenvalue weighted by atomic mass is 9.77. The Bertz CT molecular complexity index is 361. The van der Waals surface area contributed by atoms with Crippen LogP contribution in [0.5, 0.6) is 0 Å². The summed E-state index contributed by atoms with van der Waals surface area (Å²) in [6.07, 6.45) is 4.21. The van der Waals surface area contributed by atoms with Gasteiger partial charge in [0.05, 0.1) is 5.02 Å². The monoisotopic (exact) mass is 253 g/mol. The Balaban J connectivity index is 1.91. The molecule has 1 aromatic rings. The third-order valence-electron chi connectivity index (χ3n) is 3.55. The molecule has 17 heavy (non-hydrogen) atoms. The van der Waals surface area contributed by atoms with Crippen molar-refractivity contribution in [3.63, 3.8) is 0 Å². The van der Waals surface area contributed by atoms with Crippen LogP contribution in [0.3, 0.4) is 0 Å². The summed E-state index contributed by atoms with van der Waals surface area (Å²) in [7, 11) is 0. The number of rotatable bonds is 3. The van der Waals surface area contributed by atoms with Gasteiger partial charge in [0.2, 0.25) is 0 Å². The smallest absolute Gasteiger partial charge is 0.126 e. The Morgan fingerprint density at radius 1 is 1.53 bits per heavy atom. The van der Waals surface area contributed by atoms with E-state index in [0.29, 0.717) is 16.5 Å². The zero-order chi connectivity index (χ0) is 12.3. The molecule has 2 N–H and O–H groups in total. The fourth-order valence-electron chi connectivity index (χ4n) is 2.31. The molecule has 2 rings (SSSR count). The predicted molar refractivity (Wildman–Crippen MR) is 72.5 cm³/mol. The van der Waals surface area contributed by atoms with E-state index in [-0.39, 0.29) is 0 Å². The van der Waals surface area contributed by atoms with Crippen molar-refractivity contribution in [3.8, 4) is 0 Å². The number of hydrogen-bond acceptors (Lipinski definition) is 3. The Labute approximate surface area is 108 Å². The van der Waals surface area contributed by atoms with E-state index in [1.807, 2.05) is 12.1 Å². The van der Waals surface area contributed by atoms with E-state index in [2.05, 4.69) is 29.5 Å². The maximum absolute atomic E-state index is 5.80. The Morgan fingerprint density at radius 3 is 3.00 bits per heavy atom. The molecule has 3 nitrogen and oxygen atoms in total. The van der Waals surface area contributed by atoms with Crippen LogP contribution < -0.4 is 10.6 Å². The number of aromatic nitrogens is 1. The van der Waals surface area contributed by atoms with Gasteiger partial charge in [-0.05, 0) is 36.9 Å². The fourth-order valence-corrected chi connectivity index (χ4v) is 2.42. The first-order valence-corrected chi connectivity index (χ1v) is 6.54. The van der Waals surface area contributed by atoms with Crippen molar-refractivity contribution in [2.24, 2.45) is 5.41 Å². The maximum Gasteiger partial charge on any atom is 0.126 e. The summed E-state index contributed by atoms with van der Waals surface area (Å²) in [6.45, 7) is 6.66. The van der Waals surface area contributed by atoms with Crippen molar-refractivity contribution in [1.29, 1.82) is 0 Å². The van der Waals surface area contributed by atoms with Crippen LogP contribution in [0.2, 0.25) is 5.02 Å². The SMILES string of the molecule is CC1(C)CCCNC1CNc1ccc(Cl)cn1. The summed E-state index contributed by atoms with van der Waals surface area (Å²) >= 11 is 5.80. The molecule has 1 aliphatic rings. The van der Waals surface area contributed by atoms with Crippen LogP contribution in [0.25, 0.3) is 0 Å². The zero-order valence-corrected chi connectivity index (χ0v) is 11.2. The lowest BCUT2D eigenvalue weighted by molar-refractivity contribution is 0.188. The summed E-state index contributed by atoms with van der Waals surface area (Å²) in [4.78, 5) is 4.24. The van der Waals surface area contributed by atoms with Crippen LogP contribution in [0.4, 0.5) is 5.82 Å². The van der Waals surface area contributed by atoms with Gasteiger partial charge in [0.25, 0.3) is 0 Å². The molecule has 94 valence electrons. The highest BCUT2D eigenvalue weighted by Gasteiger charge is 2.31. The first kappa shape index (κ1) is 12.7. The highest BCUT2D eigenvalue weighted by molar-refractivity contribution is 6.30. The molecular weight excluding hydrogens is 234 g/mol. The molecule has 0 radical (unpaired) electrons. The van der Waals surface area contributed by atoms with Gasteiger partial charge in [-0.15, -0.1) is 0 Å². The Kier molecular flexibility index (Phi) is 3.89. The minimum Gasteiger partial charge on any atom is -0.368 e. The summed E-state index contributed by atoms with van der Waals surface area (Å²) in [5, 5.41) is 7.61. The van der Waals surface area contributed by atoms with Crippen molar-refractivity contribution in [3.05, 3.63) is 23.4 Å². The Hall–Kier alpha value is -0.800. The molecular formula is C13H20ClN3. The van der Waals surface area contributed by atoms with Crippen LogP contribution in [0, 0.1) is 5.41 Å². The summed E-state index contributed by atoms with van der Waals surface area (Å²) in [5.74, 6) is 0.887. The van der Waals surface area contributed by atoms with Gasteiger partial charge in [-0.1, -0.05) is 25.4 Å². The number of halogens is 1. The highest BCUT2D eigenvalue weighted by atomic mass is 35.5. The van der Waals surface area contributed by atoms with E-state index in [9.17, 15) is 0 Å². The second kappa shape index (κ2) is 5.23. The van der Waals surface area contributed by atoms with Crippen LogP contribution in [-0.4, -0.2) is 24.1 Å². The first-order valence-electron chi connectivity index (χ1n) is 6.17. The van der Waals surface area contributed by atoms with E-state index in [1.165, 1.54) is 12.8 Å². The number of piperidine rings is 1. The average molecular weight is 254 g/mol. The molecule has 0 aromatic carbocycles. The van der Waals surface area contributed by atoms with Gasteiger partial charge in [0.15, 0.2) is 0 Å². The van der Waals surface area contributed by atoms with Crippen molar-refractivity contribution in [1.82, 2.24) is 10.3 Å². The topological polar surface area (TPSA) is 37.0 Å². The van der Waals surface area contributed by atoms with Crippen molar-refractivity contribution < 1.29 is 0 Å². The van der Waals surface area contributed by atoms with Gasteiger partial charge in [-0.2, -0.15) is 0 Å². The third kappa shape index (κ3) is 3.33. The van der Waals surface area contributed by atoms with Gasteiger partial charge >= 0.3 is 0 Å². The van der Waals surface area contributed by atoms with E-state index < -0.39 is 0 Å². The normalized spacial score (nSPS) is 23.4. The molecule has 4 heteroatoms. The largest absolute Gasteiger partial charge is 0.368 e. The summed E-state index contributed by atoms with van der Waals surface area (Å²) in [6, 6.07) is 4.27. The minimum atomic E-state index is 0.345. The summed E-state index contributed by atoms with van der Waals surface area (Å²) < 4.78 is 0. The van der Waals surface area contributed by atoms with E-state index in [1.54, 1.807) is 6.20 Å². The molecule has 2 heterocycles. The van der Waals surface area contributed by atoms with Gasteiger partial charge in [0.1, 0.15) is 5.82 Å². The summed E-state index contributed by atoms with van der Waals surface area (Å²) in [5.41, 5.74) is 0.345. The molecule has 0 saturated carbocycles. The van der Waals surface area contributed by atoms with Gasteiger partial charge < -0.3 is 10.6 Å². The quantitative estimate of drug-likeness (QED) is 0.870. The van der Waals surface area contributed by atoms with Crippen LogP contribution in [0.1, 0.15) is 26.7 Å². The molecule has 1 fully saturated rings. The van der Waals surface area contributed by atoms with Gasteiger partial charge in [0, 0.05) is 18.8 Å². The van der Waals surface area contributed by atoms with Crippen LogP contribution in [0.15, 0.2) is 18.3 Å². The lowest BCUT2D eigenvalue weighted by Gasteiger charge is -2.39. The number of hydrogen-bond donors (Lipinski definition) is 2. The van der Waals surface area contributed by atoms with Crippen LogP contribution in [-0.2, 0) is 0 Å². The molecule has 0 amide bonds. The third-order valence-corrected chi connectivity index (χ3v) is 3.77. The average Bonchev–Trinajstić information content (AvgIpc) is 2.29. The van der Waals surface area contributed by atoms with Crippen molar-refractivity contribution >= 4 is 17.4 Å². The number of anilines is 1. The predicted octanol–water partition coefficient (Wildman–Crippen LogP) is 2.93. The molecule has 1 saturated heterocycles. The van der Waals surface area contributed by atoms with E-state index >= 15 is 0 Å². The Morgan fingerprint density at radius 2 is 2.35 bits per heavy atom. The molecule has 1 atom stereocenters. The number of pyridine rings is 1. The lowest BCUT2D eigenvalue weighted by Crippen LogP contribution is -2.50. The fraction of sp³-hybridized carbons (Fsp3) is 0.615. The van der Waals surface area contributed by atoms with E-state index in [0.717, 1.165) is 18.9 Å². The molecule has 0 bridgehead atoms. The molecule has 1 aliphatic heterocycles. The maximum atomic E-state index is 5.80. The van der Waals surface area contributed by atoms with Crippen molar-refractivity contribution in [2.75, 3.05) is 18.4 Å². The minimum absolute atomic E-state index is 0.345. The molecule has 1 aromatic heterocycles. The van der Waals surface area contributed by atoms with Gasteiger partial charge in [-0.25, -0.2) is 4.98 Å². The van der Waals surface area contributed by atoms with Crippen molar-refractivity contribution in [2.45, 2.75) is 32.7 Å². The number of nitrogens with one attached hydrogen (secondary N) is 2.